The lowest BCUT2D eigenvalue weighted by Gasteiger charge is -2.38. The summed E-state index contributed by atoms with van der Waals surface area (Å²) in [5.41, 5.74) is 5.67. The van der Waals surface area contributed by atoms with Gasteiger partial charge in [0, 0.05) is 32.0 Å². The molecule has 7 heteroatoms. The summed E-state index contributed by atoms with van der Waals surface area (Å²) in [6.07, 6.45) is 4.97. The first-order valence-electron chi connectivity index (χ1n) is 9.29. The molecule has 7 nitrogen and oxygen atoms in total. The standard InChI is InChI=1S/C18H34N4O3/c1-5-7-12(8-6-2)16(21-11(3)23)14-9-13(17(24)25)10-15(14)22(4)18(19)20/h12-16H,5-10H2,1-4H3,(H3,19,20)(H,21,23)(H,24,25)/t13?,14-,15?,16?/m1/s1. The number of hydrogen-bond donors (Lipinski definition) is 4. The third-order valence-electron chi connectivity index (χ3n) is 5.46. The molecule has 1 saturated carbocycles. The molecule has 1 aliphatic rings. The molecule has 1 aliphatic carbocycles. The lowest BCUT2D eigenvalue weighted by atomic mass is 9.79. The number of hydrogen-bond acceptors (Lipinski definition) is 3. The van der Waals surface area contributed by atoms with Gasteiger partial charge in [0.15, 0.2) is 5.96 Å². The van der Waals surface area contributed by atoms with Crippen LogP contribution in [0.5, 0.6) is 0 Å². The SMILES string of the molecule is CCCC(CCC)C(NC(C)=O)[C@@H]1CC(C(=O)O)CC1N(C)C(=N)N. The highest BCUT2D eigenvalue weighted by Crippen LogP contribution is 2.40. The number of nitrogens with zero attached hydrogens (tertiary/aromatic N) is 1. The number of nitrogens with two attached hydrogens (primary N) is 1. The summed E-state index contributed by atoms with van der Waals surface area (Å²) in [6.45, 7) is 5.76. The molecule has 5 N–H and O–H groups in total. The molecule has 1 fully saturated rings. The van der Waals surface area contributed by atoms with Gasteiger partial charge in [-0.3, -0.25) is 15.0 Å². The number of carboxylic acids is 1. The van der Waals surface area contributed by atoms with Crippen LogP contribution in [0.4, 0.5) is 0 Å². The van der Waals surface area contributed by atoms with Crippen molar-refractivity contribution >= 4 is 17.8 Å². The van der Waals surface area contributed by atoms with E-state index in [1.807, 2.05) is 0 Å². The molecule has 0 aromatic rings. The molecule has 0 radical (unpaired) electrons. The Bertz CT molecular complexity index is 477. The zero-order valence-corrected chi connectivity index (χ0v) is 15.9. The van der Waals surface area contributed by atoms with Crippen LogP contribution in [0.1, 0.15) is 59.3 Å². The average molecular weight is 354 g/mol. The molecule has 0 heterocycles. The van der Waals surface area contributed by atoms with E-state index in [1.165, 1.54) is 6.92 Å². The van der Waals surface area contributed by atoms with Gasteiger partial charge in [0.2, 0.25) is 5.91 Å². The predicted octanol–water partition coefficient (Wildman–Crippen LogP) is 2.01. The van der Waals surface area contributed by atoms with Crippen LogP contribution >= 0.6 is 0 Å². The van der Waals surface area contributed by atoms with E-state index in [4.69, 9.17) is 11.1 Å². The number of nitrogens with one attached hydrogen (secondary N) is 2. The van der Waals surface area contributed by atoms with Crippen molar-refractivity contribution in [2.75, 3.05) is 7.05 Å². The topological polar surface area (TPSA) is 120 Å². The molecule has 0 saturated heterocycles. The van der Waals surface area contributed by atoms with Crippen LogP contribution in [-0.2, 0) is 9.59 Å². The van der Waals surface area contributed by atoms with Gasteiger partial charge in [-0.15, -0.1) is 0 Å². The minimum absolute atomic E-state index is 0.0259. The van der Waals surface area contributed by atoms with Gasteiger partial charge in [0.1, 0.15) is 0 Å². The molecule has 1 amide bonds. The van der Waals surface area contributed by atoms with Crippen molar-refractivity contribution in [3.8, 4) is 0 Å². The molecule has 144 valence electrons. The Balaban J connectivity index is 3.18. The summed E-state index contributed by atoms with van der Waals surface area (Å²) < 4.78 is 0. The summed E-state index contributed by atoms with van der Waals surface area (Å²) in [5, 5.41) is 20.3. The Kier molecular flexibility index (Phi) is 8.19. The second-order valence-corrected chi connectivity index (χ2v) is 7.30. The molecule has 0 aromatic heterocycles. The summed E-state index contributed by atoms with van der Waals surface area (Å²) in [7, 11) is 1.74. The fourth-order valence-corrected chi connectivity index (χ4v) is 4.31. The van der Waals surface area contributed by atoms with E-state index in [-0.39, 0.29) is 29.9 Å². The molecule has 0 aliphatic heterocycles. The van der Waals surface area contributed by atoms with Gasteiger partial charge in [0.25, 0.3) is 0 Å². The second-order valence-electron chi connectivity index (χ2n) is 7.30. The number of carboxylic acid groups (broad SMARTS) is 1. The smallest absolute Gasteiger partial charge is 0.306 e. The van der Waals surface area contributed by atoms with Gasteiger partial charge >= 0.3 is 5.97 Å². The average Bonchev–Trinajstić information content (AvgIpc) is 2.96. The number of aliphatic carboxylic acids is 1. The maximum Gasteiger partial charge on any atom is 0.306 e. The summed E-state index contributed by atoms with van der Waals surface area (Å²) >= 11 is 0. The largest absolute Gasteiger partial charge is 0.481 e. The highest BCUT2D eigenvalue weighted by atomic mass is 16.4. The molecule has 0 bridgehead atoms. The minimum Gasteiger partial charge on any atom is -0.481 e. The second kappa shape index (κ2) is 9.63. The maximum atomic E-state index is 11.8. The Labute approximate surface area is 150 Å². The van der Waals surface area contributed by atoms with Gasteiger partial charge in [-0.2, -0.15) is 0 Å². The predicted molar refractivity (Wildman–Crippen MR) is 98.2 cm³/mol. The van der Waals surface area contributed by atoms with Gasteiger partial charge in [-0.1, -0.05) is 26.7 Å². The van der Waals surface area contributed by atoms with Gasteiger partial charge in [0.05, 0.1) is 5.92 Å². The first kappa shape index (κ1) is 21.3. The quantitative estimate of drug-likeness (QED) is 0.373. The van der Waals surface area contributed by atoms with Crippen molar-refractivity contribution in [3.05, 3.63) is 0 Å². The molecule has 3 unspecified atom stereocenters. The molecule has 4 atom stereocenters. The van der Waals surface area contributed by atoms with Crippen molar-refractivity contribution < 1.29 is 14.7 Å². The minimum atomic E-state index is -0.812. The maximum absolute atomic E-state index is 11.8. The number of carbonyl (C=O) groups is 2. The molecule has 25 heavy (non-hydrogen) atoms. The highest BCUT2D eigenvalue weighted by molar-refractivity contribution is 5.76. The van der Waals surface area contributed by atoms with Crippen LogP contribution in [0.3, 0.4) is 0 Å². The van der Waals surface area contributed by atoms with Crippen LogP contribution in [0.15, 0.2) is 0 Å². The Morgan fingerprint density at radius 3 is 2.24 bits per heavy atom. The van der Waals surface area contributed by atoms with Crippen LogP contribution in [0.2, 0.25) is 0 Å². The molecule has 0 spiro atoms. The molecule has 0 aromatic carbocycles. The Morgan fingerprint density at radius 1 is 1.28 bits per heavy atom. The third-order valence-corrected chi connectivity index (χ3v) is 5.46. The molecule has 1 rings (SSSR count). The van der Waals surface area contributed by atoms with Crippen molar-refractivity contribution in [3.63, 3.8) is 0 Å². The fourth-order valence-electron chi connectivity index (χ4n) is 4.31. The van der Waals surface area contributed by atoms with Crippen LogP contribution in [0.25, 0.3) is 0 Å². The van der Waals surface area contributed by atoms with E-state index >= 15 is 0 Å². The molecular formula is C18H34N4O3. The first-order chi connectivity index (χ1) is 11.7. The highest BCUT2D eigenvalue weighted by Gasteiger charge is 2.46. The number of rotatable bonds is 9. The van der Waals surface area contributed by atoms with Gasteiger partial charge in [-0.05, 0) is 31.6 Å². The van der Waals surface area contributed by atoms with E-state index in [9.17, 15) is 14.7 Å². The lowest BCUT2D eigenvalue weighted by Crippen LogP contribution is -2.52. The summed E-state index contributed by atoms with van der Waals surface area (Å²) in [4.78, 5) is 25.1. The number of amides is 1. The van der Waals surface area contributed by atoms with Crippen molar-refractivity contribution in [1.29, 1.82) is 5.41 Å². The normalized spacial score (nSPS) is 24.1. The van der Waals surface area contributed by atoms with Crippen molar-refractivity contribution in [1.82, 2.24) is 10.2 Å². The van der Waals surface area contributed by atoms with Crippen molar-refractivity contribution in [2.24, 2.45) is 23.5 Å². The third kappa shape index (κ3) is 5.61. The summed E-state index contributed by atoms with van der Waals surface area (Å²) in [5.74, 6) is -1.15. The van der Waals surface area contributed by atoms with Crippen LogP contribution in [-0.4, -0.2) is 47.0 Å². The Hall–Kier alpha value is -1.79. The zero-order chi connectivity index (χ0) is 19.1. The van der Waals surface area contributed by atoms with E-state index in [0.717, 1.165) is 25.7 Å². The van der Waals surface area contributed by atoms with E-state index < -0.39 is 11.9 Å². The lowest BCUT2D eigenvalue weighted by molar-refractivity contribution is -0.141. The Morgan fingerprint density at radius 2 is 1.84 bits per heavy atom. The van der Waals surface area contributed by atoms with E-state index in [1.54, 1.807) is 11.9 Å². The van der Waals surface area contributed by atoms with Crippen LogP contribution in [0, 0.1) is 23.2 Å². The number of carbonyl (C=O) groups excluding carboxylic acids is 1. The molecular weight excluding hydrogens is 320 g/mol. The first-order valence-corrected chi connectivity index (χ1v) is 9.29. The van der Waals surface area contributed by atoms with E-state index in [2.05, 4.69) is 19.2 Å². The van der Waals surface area contributed by atoms with Crippen molar-refractivity contribution in [2.45, 2.75) is 71.4 Å². The zero-order valence-electron chi connectivity index (χ0n) is 15.9. The van der Waals surface area contributed by atoms with Gasteiger partial charge in [-0.25, -0.2) is 0 Å². The van der Waals surface area contributed by atoms with Gasteiger partial charge < -0.3 is 21.1 Å². The number of guanidine groups is 1. The monoisotopic (exact) mass is 354 g/mol. The van der Waals surface area contributed by atoms with Crippen LogP contribution < -0.4 is 11.1 Å². The van der Waals surface area contributed by atoms with E-state index in [0.29, 0.717) is 18.8 Å². The fraction of sp³-hybridized carbons (Fsp3) is 0.833. The summed E-state index contributed by atoms with van der Waals surface area (Å²) in [6, 6.07) is -0.236.